The standard InChI is InChI=1S/C13H24N2O2/c1-9(12-5-3-4-7-14-12)15-13(16)11-6-8-17-10(11)2/h9-12,14H,3-8H2,1-2H3,(H,15,16). The van der Waals surface area contributed by atoms with Crippen LogP contribution in [0.15, 0.2) is 0 Å². The number of amides is 1. The van der Waals surface area contributed by atoms with Crippen molar-refractivity contribution in [1.82, 2.24) is 10.6 Å². The van der Waals surface area contributed by atoms with Crippen LogP contribution in [0.4, 0.5) is 0 Å². The van der Waals surface area contributed by atoms with Crippen LogP contribution in [0.1, 0.15) is 39.5 Å². The molecule has 2 aliphatic heterocycles. The van der Waals surface area contributed by atoms with Gasteiger partial charge in [0.25, 0.3) is 0 Å². The van der Waals surface area contributed by atoms with Crippen LogP contribution in [-0.4, -0.2) is 37.2 Å². The Balaban J connectivity index is 1.80. The van der Waals surface area contributed by atoms with Crippen molar-refractivity contribution in [3.8, 4) is 0 Å². The lowest BCUT2D eigenvalue weighted by Gasteiger charge is -2.30. The first kappa shape index (κ1) is 12.8. The Morgan fingerprint density at radius 2 is 2.24 bits per heavy atom. The molecule has 0 saturated carbocycles. The second-order valence-corrected chi connectivity index (χ2v) is 5.32. The van der Waals surface area contributed by atoms with E-state index in [0.29, 0.717) is 6.04 Å². The Kier molecular flexibility index (Phi) is 4.40. The highest BCUT2D eigenvalue weighted by Crippen LogP contribution is 2.21. The summed E-state index contributed by atoms with van der Waals surface area (Å²) in [6.07, 6.45) is 4.61. The average Bonchev–Trinajstić information content (AvgIpc) is 2.76. The maximum absolute atomic E-state index is 12.1. The summed E-state index contributed by atoms with van der Waals surface area (Å²) in [5.41, 5.74) is 0. The molecule has 2 saturated heterocycles. The highest BCUT2D eigenvalue weighted by molar-refractivity contribution is 5.79. The molecule has 0 bridgehead atoms. The van der Waals surface area contributed by atoms with E-state index in [-0.39, 0.29) is 24.0 Å². The number of carbonyl (C=O) groups is 1. The van der Waals surface area contributed by atoms with Gasteiger partial charge in [-0.15, -0.1) is 0 Å². The van der Waals surface area contributed by atoms with Crippen molar-refractivity contribution < 1.29 is 9.53 Å². The first-order valence-electron chi connectivity index (χ1n) is 6.84. The average molecular weight is 240 g/mol. The Hall–Kier alpha value is -0.610. The number of hydrogen-bond donors (Lipinski definition) is 2. The predicted octanol–water partition coefficient (Wildman–Crippen LogP) is 1.06. The minimum atomic E-state index is 0.0426. The fraction of sp³-hybridized carbons (Fsp3) is 0.923. The normalized spacial score (nSPS) is 35.5. The highest BCUT2D eigenvalue weighted by atomic mass is 16.5. The fourth-order valence-corrected chi connectivity index (χ4v) is 2.81. The van der Waals surface area contributed by atoms with Crippen LogP contribution in [0.2, 0.25) is 0 Å². The molecule has 4 atom stereocenters. The van der Waals surface area contributed by atoms with E-state index >= 15 is 0 Å². The van der Waals surface area contributed by atoms with Gasteiger partial charge >= 0.3 is 0 Å². The van der Waals surface area contributed by atoms with Crippen molar-refractivity contribution in [2.24, 2.45) is 5.92 Å². The maximum Gasteiger partial charge on any atom is 0.226 e. The van der Waals surface area contributed by atoms with Crippen LogP contribution in [0.5, 0.6) is 0 Å². The van der Waals surface area contributed by atoms with Gasteiger partial charge in [0.2, 0.25) is 5.91 Å². The van der Waals surface area contributed by atoms with Crippen molar-refractivity contribution in [2.75, 3.05) is 13.2 Å². The molecule has 2 aliphatic rings. The minimum absolute atomic E-state index is 0.0426. The zero-order chi connectivity index (χ0) is 12.3. The molecule has 0 aromatic heterocycles. The number of carbonyl (C=O) groups excluding carboxylic acids is 1. The third-order valence-corrected chi connectivity index (χ3v) is 4.03. The van der Waals surface area contributed by atoms with Gasteiger partial charge in [0.05, 0.1) is 12.0 Å². The van der Waals surface area contributed by atoms with E-state index in [4.69, 9.17) is 4.74 Å². The predicted molar refractivity (Wildman–Crippen MR) is 66.8 cm³/mol. The second-order valence-electron chi connectivity index (χ2n) is 5.32. The molecular weight excluding hydrogens is 216 g/mol. The number of rotatable bonds is 3. The zero-order valence-corrected chi connectivity index (χ0v) is 10.9. The largest absolute Gasteiger partial charge is 0.378 e. The van der Waals surface area contributed by atoms with Gasteiger partial charge in [0.1, 0.15) is 0 Å². The summed E-state index contributed by atoms with van der Waals surface area (Å²) in [6.45, 7) is 5.88. The molecule has 17 heavy (non-hydrogen) atoms. The maximum atomic E-state index is 12.1. The summed E-state index contributed by atoms with van der Waals surface area (Å²) in [4.78, 5) is 12.1. The molecule has 0 aromatic carbocycles. The molecule has 4 nitrogen and oxygen atoms in total. The molecular formula is C13H24N2O2. The van der Waals surface area contributed by atoms with E-state index in [0.717, 1.165) is 26.0 Å². The smallest absolute Gasteiger partial charge is 0.226 e. The van der Waals surface area contributed by atoms with E-state index in [2.05, 4.69) is 17.6 Å². The summed E-state index contributed by atoms with van der Waals surface area (Å²) in [5, 5.41) is 6.62. The molecule has 2 fully saturated rings. The first-order valence-corrected chi connectivity index (χ1v) is 6.84. The molecule has 0 spiro atoms. The van der Waals surface area contributed by atoms with Crippen LogP contribution in [0, 0.1) is 5.92 Å². The van der Waals surface area contributed by atoms with Crippen LogP contribution in [0.25, 0.3) is 0 Å². The van der Waals surface area contributed by atoms with Gasteiger partial charge < -0.3 is 15.4 Å². The van der Waals surface area contributed by atoms with Crippen molar-refractivity contribution in [3.05, 3.63) is 0 Å². The van der Waals surface area contributed by atoms with Crippen LogP contribution >= 0.6 is 0 Å². The van der Waals surface area contributed by atoms with E-state index in [9.17, 15) is 4.79 Å². The summed E-state index contributed by atoms with van der Waals surface area (Å²) in [5.74, 6) is 0.205. The van der Waals surface area contributed by atoms with Gasteiger partial charge in [-0.1, -0.05) is 6.42 Å². The molecule has 0 radical (unpaired) electrons. The van der Waals surface area contributed by atoms with Crippen molar-refractivity contribution in [2.45, 2.75) is 57.7 Å². The van der Waals surface area contributed by atoms with Gasteiger partial charge in [-0.2, -0.15) is 0 Å². The Bertz CT molecular complexity index is 264. The van der Waals surface area contributed by atoms with Gasteiger partial charge in [0.15, 0.2) is 0 Å². The van der Waals surface area contributed by atoms with Crippen molar-refractivity contribution in [3.63, 3.8) is 0 Å². The minimum Gasteiger partial charge on any atom is -0.378 e. The Morgan fingerprint density at radius 3 is 2.82 bits per heavy atom. The van der Waals surface area contributed by atoms with Gasteiger partial charge in [-0.05, 0) is 39.7 Å². The summed E-state index contributed by atoms with van der Waals surface area (Å²) < 4.78 is 5.44. The van der Waals surface area contributed by atoms with Gasteiger partial charge in [-0.3, -0.25) is 4.79 Å². The summed E-state index contributed by atoms with van der Waals surface area (Å²) in [6, 6.07) is 0.654. The number of nitrogens with one attached hydrogen (secondary N) is 2. The van der Waals surface area contributed by atoms with E-state index in [1.165, 1.54) is 12.8 Å². The van der Waals surface area contributed by atoms with Gasteiger partial charge in [-0.25, -0.2) is 0 Å². The zero-order valence-electron chi connectivity index (χ0n) is 10.9. The lowest BCUT2D eigenvalue weighted by molar-refractivity contribution is -0.127. The SMILES string of the molecule is CC(NC(=O)C1CCOC1C)C1CCCCN1. The van der Waals surface area contributed by atoms with E-state index < -0.39 is 0 Å². The third kappa shape index (κ3) is 3.19. The number of piperidine rings is 1. The van der Waals surface area contributed by atoms with Crippen LogP contribution < -0.4 is 10.6 Å². The van der Waals surface area contributed by atoms with E-state index in [1.807, 2.05) is 6.92 Å². The van der Waals surface area contributed by atoms with Gasteiger partial charge in [0, 0.05) is 18.7 Å². The Labute approximate surface area is 103 Å². The summed E-state index contributed by atoms with van der Waals surface area (Å²) >= 11 is 0. The molecule has 98 valence electrons. The molecule has 4 heteroatoms. The van der Waals surface area contributed by atoms with Crippen LogP contribution in [-0.2, 0) is 9.53 Å². The lowest BCUT2D eigenvalue weighted by Crippen LogP contribution is -2.51. The Morgan fingerprint density at radius 1 is 1.41 bits per heavy atom. The molecule has 2 heterocycles. The topological polar surface area (TPSA) is 50.4 Å². The monoisotopic (exact) mass is 240 g/mol. The molecule has 4 unspecified atom stereocenters. The number of hydrogen-bond acceptors (Lipinski definition) is 3. The molecule has 1 amide bonds. The first-order chi connectivity index (χ1) is 8.18. The quantitative estimate of drug-likeness (QED) is 0.775. The molecule has 0 aliphatic carbocycles. The molecule has 2 rings (SSSR count). The molecule has 0 aromatic rings. The van der Waals surface area contributed by atoms with E-state index in [1.54, 1.807) is 0 Å². The van der Waals surface area contributed by atoms with Crippen LogP contribution in [0.3, 0.4) is 0 Å². The second kappa shape index (κ2) is 5.83. The lowest BCUT2D eigenvalue weighted by atomic mass is 9.97. The number of ether oxygens (including phenoxy) is 1. The molecule has 2 N–H and O–H groups in total. The van der Waals surface area contributed by atoms with Crippen molar-refractivity contribution >= 4 is 5.91 Å². The fourth-order valence-electron chi connectivity index (χ4n) is 2.81. The summed E-state index contributed by atoms with van der Waals surface area (Å²) in [7, 11) is 0. The third-order valence-electron chi connectivity index (χ3n) is 4.03. The highest BCUT2D eigenvalue weighted by Gasteiger charge is 2.32. The van der Waals surface area contributed by atoms with Crippen molar-refractivity contribution in [1.29, 1.82) is 0 Å².